The maximum Gasteiger partial charge on any atom is 0.270 e. The molecule has 1 aliphatic rings. The Morgan fingerprint density at radius 1 is 1.00 bits per heavy atom. The maximum atomic E-state index is 12.3. The number of carbonyl (C=O) groups is 1. The Morgan fingerprint density at radius 3 is 2.55 bits per heavy atom. The third-order valence-corrected chi connectivity index (χ3v) is 4.54. The number of amides is 1. The highest BCUT2D eigenvalue weighted by atomic mass is 16.7. The molecule has 7 heteroatoms. The number of aromatic nitrogens is 1. The van der Waals surface area contributed by atoms with Gasteiger partial charge in [0, 0.05) is 13.1 Å². The van der Waals surface area contributed by atoms with Crippen LogP contribution in [-0.4, -0.2) is 24.8 Å². The number of anilines is 1. The van der Waals surface area contributed by atoms with Crippen LogP contribution in [0.2, 0.25) is 0 Å². The van der Waals surface area contributed by atoms with Crippen LogP contribution in [-0.2, 0) is 13.1 Å². The van der Waals surface area contributed by atoms with Gasteiger partial charge < -0.3 is 24.8 Å². The molecule has 0 spiro atoms. The van der Waals surface area contributed by atoms with Crippen molar-refractivity contribution in [3.05, 3.63) is 77.6 Å². The molecule has 0 bridgehead atoms. The standard InChI is InChI=1S/C22H21N3O4/c1-27-18-6-2-15(3-7-18)11-23-17-5-8-19(24-13-17)22(26)25-12-16-4-9-20-21(10-16)29-14-28-20/h2-10,13,23H,11-12,14H2,1H3,(H,25,26). The fourth-order valence-corrected chi connectivity index (χ4v) is 2.90. The van der Waals surface area contributed by atoms with Crippen molar-refractivity contribution in [2.24, 2.45) is 0 Å². The molecule has 1 aliphatic heterocycles. The van der Waals surface area contributed by atoms with Crippen molar-refractivity contribution in [1.82, 2.24) is 10.3 Å². The summed E-state index contributed by atoms with van der Waals surface area (Å²) in [4.78, 5) is 16.6. The summed E-state index contributed by atoms with van der Waals surface area (Å²) in [6.45, 7) is 1.27. The third kappa shape index (κ3) is 4.57. The number of nitrogens with one attached hydrogen (secondary N) is 2. The smallest absolute Gasteiger partial charge is 0.270 e. The molecule has 0 aliphatic carbocycles. The van der Waals surface area contributed by atoms with E-state index >= 15 is 0 Å². The highest BCUT2D eigenvalue weighted by Gasteiger charge is 2.14. The molecule has 2 N–H and O–H groups in total. The van der Waals surface area contributed by atoms with Gasteiger partial charge in [-0.3, -0.25) is 4.79 Å². The average Bonchev–Trinajstić information content (AvgIpc) is 3.24. The molecular formula is C22H21N3O4. The lowest BCUT2D eigenvalue weighted by molar-refractivity contribution is 0.0946. The minimum absolute atomic E-state index is 0.230. The number of rotatable bonds is 7. The van der Waals surface area contributed by atoms with E-state index in [-0.39, 0.29) is 12.7 Å². The summed E-state index contributed by atoms with van der Waals surface area (Å²) >= 11 is 0. The molecule has 0 saturated heterocycles. The molecular weight excluding hydrogens is 370 g/mol. The molecule has 0 unspecified atom stereocenters. The van der Waals surface area contributed by atoms with E-state index in [1.165, 1.54) is 0 Å². The lowest BCUT2D eigenvalue weighted by Crippen LogP contribution is -2.23. The number of benzene rings is 2. The Bertz CT molecular complexity index is 988. The number of ether oxygens (including phenoxy) is 3. The Hall–Kier alpha value is -3.74. The van der Waals surface area contributed by atoms with Gasteiger partial charge in [-0.2, -0.15) is 0 Å². The van der Waals surface area contributed by atoms with Crippen molar-refractivity contribution in [3.8, 4) is 17.2 Å². The van der Waals surface area contributed by atoms with E-state index in [4.69, 9.17) is 14.2 Å². The van der Waals surface area contributed by atoms with Crippen LogP contribution in [0, 0.1) is 0 Å². The Labute approximate surface area is 168 Å². The van der Waals surface area contributed by atoms with Gasteiger partial charge in [0.15, 0.2) is 11.5 Å². The average molecular weight is 391 g/mol. The summed E-state index contributed by atoms with van der Waals surface area (Å²) in [7, 11) is 1.64. The van der Waals surface area contributed by atoms with Crippen LogP contribution < -0.4 is 24.8 Å². The predicted octanol–water partition coefficient (Wildman–Crippen LogP) is 3.36. The van der Waals surface area contributed by atoms with Crippen molar-refractivity contribution in [3.63, 3.8) is 0 Å². The number of methoxy groups -OCH3 is 1. The molecule has 0 fully saturated rings. The quantitative estimate of drug-likeness (QED) is 0.643. The SMILES string of the molecule is COc1ccc(CNc2ccc(C(=O)NCc3ccc4c(c3)OCO4)nc2)cc1. The second-order valence-corrected chi connectivity index (χ2v) is 6.50. The fourth-order valence-electron chi connectivity index (χ4n) is 2.90. The zero-order chi connectivity index (χ0) is 20.1. The molecule has 3 aromatic rings. The van der Waals surface area contributed by atoms with E-state index in [0.717, 1.165) is 28.3 Å². The van der Waals surface area contributed by atoms with E-state index in [0.29, 0.717) is 24.5 Å². The first-order valence-corrected chi connectivity index (χ1v) is 9.21. The number of fused-ring (bicyclic) bond motifs is 1. The number of hydrogen-bond acceptors (Lipinski definition) is 6. The summed E-state index contributed by atoms with van der Waals surface area (Å²) < 4.78 is 15.8. The fraction of sp³-hybridized carbons (Fsp3) is 0.182. The number of nitrogens with zero attached hydrogens (tertiary/aromatic N) is 1. The molecule has 2 aromatic carbocycles. The molecule has 7 nitrogen and oxygen atoms in total. The number of pyridine rings is 1. The first-order chi connectivity index (χ1) is 14.2. The van der Waals surface area contributed by atoms with Crippen molar-refractivity contribution < 1.29 is 19.0 Å². The van der Waals surface area contributed by atoms with E-state index in [2.05, 4.69) is 15.6 Å². The monoisotopic (exact) mass is 391 g/mol. The summed E-state index contributed by atoms with van der Waals surface area (Å²) in [5, 5.41) is 6.15. The second-order valence-electron chi connectivity index (χ2n) is 6.50. The van der Waals surface area contributed by atoms with Gasteiger partial charge in [0.25, 0.3) is 5.91 Å². The van der Waals surface area contributed by atoms with Crippen LogP contribution in [0.3, 0.4) is 0 Å². The summed E-state index contributed by atoms with van der Waals surface area (Å²) in [5.74, 6) is 2.01. The zero-order valence-electron chi connectivity index (χ0n) is 16.0. The van der Waals surface area contributed by atoms with Crippen LogP contribution >= 0.6 is 0 Å². The van der Waals surface area contributed by atoms with Gasteiger partial charge in [0.1, 0.15) is 11.4 Å². The highest BCUT2D eigenvalue weighted by Crippen LogP contribution is 2.32. The lowest BCUT2D eigenvalue weighted by Gasteiger charge is -2.09. The normalized spacial score (nSPS) is 11.8. The number of hydrogen-bond donors (Lipinski definition) is 2. The number of carbonyl (C=O) groups excluding carboxylic acids is 1. The summed E-state index contributed by atoms with van der Waals surface area (Å²) in [6, 6.07) is 17.0. The van der Waals surface area contributed by atoms with Crippen molar-refractivity contribution in [2.45, 2.75) is 13.1 Å². The van der Waals surface area contributed by atoms with Crippen LogP contribution in [0.5, 0.6) is 17.2 Å². The topological polar surface area (TPSA) is 81.7 Å². The van der Waals surface area contributed by atoms with Gasteiger partial charge >= 0.3 is 0 Å². The Balaban J connectivity index is 1.29. The van der Waals surface area contributed by atoms with Gasteiger partial charge in [0.2, 0.25) is 6.79 Å². The third-order valence-electron chi connectivity index (χ3n) is 4.54. The summed E-state index contributed by atoms with van der Waals surface area (Å²) in [5.41, 5.74) is 3.26. The highest BCUT2D eigenvalue weighted by molar-refractivity contribution is 5.92. The van der Waals surface area contributed by atoms with Crippen LogP contribution in [0.15, 0.2) is 60.8 Å². The second kappa shape index (κ2) is 8.52. The molecule has 0 saturated carbocycles. The predicted molar refractivity (Wildman–Crippen MR) is 108 cm³/mol. The largest absolute Gasteiger partial charge is 0.497 e. The van der Waals surface area contributed by atoms with Crippen LogP contribution in [0.1, 0.15) is 21.6 Å². The van der Waals surface area contributed by atoms with Gasteiger partial charge in [-0.15, -0.1) is 0 Å². The Morgan fingerprint density at radius 2 is 1.79 bits per heavy atom. The molecule has 29 heavy (non-hydrogen) atoms. The first-order valence-electron chi connectivity index (χ1n) is 9.21. The van der Waals surface area contributed by atoms with Crippen molar-refractivity contribution >= 4 is 11.6 Å². The molecule has 0 radical (unpaired) electrons. The lowest BCUT2D eigenvalue weighted by atomic mass is 10.2. The zero-order valence-corrected chi connectivity index (χ0v) is 16.0. The Kier molecular flexibility index (Phi) is 5.47. The van der Waals surface area contributed by atoms with E-state index in [1.54, 1.807) is 19.4 Å². The minimum Gasteiger partial charge on any atom is -0.497 e. The van der Waals surface area contributed by atoms with Crippen molar-refractivity contribution in [1.29, 1.82) is 0 Å². The van der Waals surface area contributed by atoms with E-state index in [9.17, 15) is 4.79 Å². The molecule has 0 atom stereocenters. The van der Waals surface area contributed by atoms with Gasteiger partial charge in [0.05, 0.1) is 19.0 Å². The molecule has 1 amide bonds. The van der Waals surface area contributed by atoms with E-state index < -0.39 is 0 Å². The molecule has 2 heterocycles. The van der Waals surface area contributed by atoms with E-state index in [1.807, 2.05) is 48.5 Å². The minimum atomic E-state index is -0.232. The van der Waals surface area contributed by atoms with Gasteiger partial charge in [-0.1, -0.05) is 18.2 Å². The first kappa shape index (κ1) is 18.6. The summed E-state index contributed by atoms with van der Waals surface area (Å²) in [6.07, 6.45) is 1.65. The van der Waals surface area contributed by atoms with Crippen molar-refractivity contribution in [2.75, 3.05) is 19.2 Å². The van der Waals surface area contributed by atoms with Gasteiger partial charge in [-0.05, 0) is 47.5 Å². The van der Waals surface area contributed by atoms with Crippen LogP contribution in [0.4, 0.5) is 5.69 Å². The van der Waals surface area contributed by atoms with Crippen LogP contribution in [0.25, 0.3) is 0 Å². The van der Waals surface area contributed by atoms with Gasteiger partial charge in [-0.25, -0.2) is 4.98 Å². The maximum absolute atomic E-state index is 12.3. The molecule has 148 valence electrons. The molecule has 4 rings (SSSR count). The molecule has 1 aromatic heterocycles.